The number of benzene rings is 2. The number of rotatable bonds is 15. The van der Waals surface area contributed by atoms with Crippen LogP contribution in [-0.2, 0) is 14.3 Å². The number of amides is 3. The van der Waals surface area contributed by atoms with Crippen molar-refractivity contribution in [3.8, 4) is 5.75 Å². The number of anilines is 1. The summed E-state index contributed by atoms with van der Waals surface area (Å²) in [5.41, 5.74) is 2.17. The first-order chi connectivity index (χ1) is 19.9. The minimum absolute atomic E-state index is 0.270. The largest absolute Gasteiger partial charge is 0.497 e. The predicted molar refractivity (Wildman–Crippen MR) is 166 cm³/mol. The molecule has 0 aliphatic carbocycles. The van der Waals surface area contributed by atoms with Crippen molar-refractivity contribution >= 4 is 23.6 Å². The fourth-order valence-electron chi connectivity index (χ4n) is 4.84. The van der Waals surface area contributed by atoms with E-state index in [0.29, 0.717) is 23.4 Å². The van der Waals surface area contributed by atoms with Gasteiger partial charge in [0, 0.05) is 12.2 Å². The van der Waals surface area contributed by atoms with E-state index in [2.05, 4.69) is 17.6 Å². The number of methoxy groups -OCH3 is 1. The molecule has 0 bridgehead atoms. The number of carbonyl (C=O) groups excluding carboxylic acids is 3. The number of hydrogen-bond acceptors (Lipinski definition) is 6. The summed E-state index contributed by atoms with van der Waals surface area (Å²) < 4.78 is 10.6. The van der Waals surface area contributed by atoms with Crippen LogP contribution in [0.15, 0.2) is 42.5 Å². The SMILES string of the molecule is CCCCCCCCN(C(=O)C(CO)NC(=O)OC(C)(C)C)C(C(=O)Nc1ccc(OC)cc1)c1c(C)cccc1C. The van der Waals surface area contributed by atoms with Crippen LogP contribution in [0.4, 0.5) is 10.5 Å². The molecule has 2 rings (SSSR count). The van der Waals surface area contributed by atoms with Crippen LogP contribution in [0.1, 0.15) is 89.0 Å². The van der Waals surface area contributed by atoms with E-state index in [9.17, 15) is 19.5 Å². The second kappa shape index (κ2) is 16.8. The third kappa shape index (κ3) is 10.7. The molecule has 9 nitrogen and oxygen atoms in total. The molecule has 0 heterocycles. The lowest BCUT2D eigenvalue weighted by molar-refractivity contribution is -0.141. The number of nitrogens with one attached hydrogen (secondary N) is 2. The topological polar surface area (TPSA) is 117 Å². The van der Waals surface area contributed by atoms with Gasteiger partial charge in [0.25, 0.3) is 5.91 Å². The Balaban J connectivity index is 2.51. The van der Waals surface area contributed by atoms with Gasteiger partial charge in [0.15, 0.2) is 0 Å². The van der Waals surface area contributed by atoms with Gasteiger partial charge in [0.1, 0.15) is 23.4 Å². The fraction of sp³-hybridized carbons (Fsp3) is 0.545. The summed E-state index contributed by atoms with van der Waals surface area (Å²) in [5, 5.41) is 15.7. The van der Waals surface area contributed by atoms with Gasteiger partial charge in [-0.2, -0.15) is 0 Å². The van der Waals surface area contributed by atoms with Gasteiger partial charge in [-0.1, -0.05) is 57.2 Å². The zero-order valence-electron chi connectivity index (χ0n) is 26.3. The van der Waals surface area contributed by atoms with E-state index in [1.165, 1.54) is 4.90 Å². The quantitative estimate of drug-likeness (QED) is 0.219. The molecular weight excluding hydrogens is 534 g/mol. The molecule has 0 radical (unpaired) electrons. The van der Waals surface area contributed by atoms with E-state index in [0.717, 1.165) is 43.2 Å². The van der Waals surface area contributed by atoms with E-state index < -0.39 is 42.2 Å². The molecule has 0 aliphatic heterocycles. The van der Waals surface area contributed by atoms with E-state index in [1.54, 1.807) is 52.1 Å². The standard InChI is InChI=1S/C33H49N3O6/c1-8-9-10-11-12-13-21-36(31(39)27(22-37)35-32(40)42-33(4,5)6)29(28-23(2)15-14-16-24(28)3)30(38)34-25-17-19-26(41-7)20-18-25/h14-20,27,29,37H,8-13,21-22H2,1-7H3,(H,34,38)(H,35,40). The number of aliphatic hydroxyl groups excluding tert-OH is 1. The fourth-order valence-corrected chi connectivity index (χ4v) is 4.84. The van der Waals surface area contributed by atoms with Crippen LogP contribution < -0.4 is 15.4 Å². The van der Waals surface area contributed by atoms with E-state index in [4.69, 9.17) is 9.47 Å². The first-order valence-electron chi connectivity index (χ1n) is 14.8. The number of alkyl carbamates (subject to hydrolysis) is 1. The van der Waals surface area contributed by atoms with Gasteiger partial charge in [0.05, 0.1) is 13.7 Å². The molecule has 3 N–H and O–H groups in total. The average molecular weight is 584 g/mol. The first-order valence-corrected chi connectivity index (χ1v) is 14.8. The van der Waals surface area contributed by atoms with Crippen molar-refractivity contribution in [3.05, 3.63) is 59.2 Å². The molecule has 0 saturated heterocycles. The normalized spacial score (nSPS) is 12.7. The highest BCUT2D eigenvalue weighted by atomic mass is 16.6. The second-order valence-corrected chi connectivity index (χ2v) is 11.6. The summed E-state index contributed by atoms with van der Waals surface area (Å²) in [7, 11) is 1.57. The lowest BCUT2D eigenvalue weighted by atomic mass is 9.93. The van der Waals surface area contributed by atoms with Gasteiger partial charge in [-0.15, -0.1) is 0 Å². The number of nitrogens with zero attached hydrogens (tertiary/aromatic N) is 1. The molecule has 0 saturated carbocycles. The van der Waals surface area contributed by atoms with Crippen LogP contribution in [0.25, 0.3) is 0 Å². The van der Waals surface area contributed by atoms with Crippen LogP contribution >= 0.6 is 0 Å². The molecule has 2 atom stereocenters. The minimum atomic E-state index is -1.29. The lowest BCUT2D eigenvalue weighted by Gasteiger charge is -2.35. The van der Waals surface area contributed by atoms with Crippen molar-refractivity contribution in [2.24, 2.45) is 0 Å². The van der Waals surface area contributed by atoms with Crippen molar-refractivity contribution < 1.29 is 29.0 Å². The summed E-state index contributed by atoms with van der Waals surface area (Å²) in [6.45, 7) is 10.7. The van der Waals surface area contributed by atoms with Gasteiger partial charge in [-0.3, -0.25) is 9.59 Å². The highest BCUT2D eigenvalue weighted by Gasteiger charge is 2.37. The monoisotopic (exact) mass is 583 g/mol. The van der Waals surface area contributed by atoms with Gasteiger partial charge < -0.3 is 30.1 Å². The van der Waals surface area contributed by atoms with Gasteiger partial charge >= 0.3 is 6.09 Å². The first kappa shape index (κ1) is 34.6. The highest BCUT2D eigenvalue weighted by molar-refractivity contribution is 5.99. The summed E-state index contributed by atoms with van der Waals surface area (Å²) in [5.74, 6) is -0.307. The van der Waals surface area contributed by atoms with Crippen LogP contribution in [0, 0.1) is 13.8 Å². The zero-order valence-corrected chi connectivity index (χ0v) is 26.3. The van der Waals surface area contributed by atoms with E-state index >= 15 is 0 Å². The van der Waals surface area contributed by atoms with Crippen LogP contribution in [0.3, 0.4) is 0 Å². The Morgan fingerprint density at radius 1 is 0.929 bits per heavy atom. The zero-order chi connectivity index (χ0) is 31.3. The predicted octanol–water partition coefficient (Wildman–Crippen LogP) is 6.07. The molecular formula is C33H49N3O6. The van der Waals surface area contributed by atoms with Crippen molar-refractivity contribution in [3.63, 3.8) is 0 Å². The smallest absolute Gasteiger partial charge is 0.408 e. The summed E-state index contributed by atoms with van der Waals surface area (Å²) in [6.07, 6.45) is 5.11. The molecule has 0 fully saturated rings. The third-order valence-electron chi connectivity index (χ3n) is 6.94. The second-order valence-electron chi connectivity index (χ2n) is 11.6. The number of aliphatic hydroxyl groups is 1. The molecule has 0 spiro atoms. The van der Waals surface area contributed by atoms with E-state index in [-0.39, 0.29) is 6.54 Å². The maximum Gasteiger partial charge on any atom is 0.408 e. The number of hydrogen-bond donors (Lipinski definition) is 3. The molecule has 2 aromatic rings. The Morgan fingerprint density at radius 3 is 2.07 bits per heavy atom. The number of aryl methyl sites for hydroxylation is 2. The van der Waals surface area contributed by atoms with Gasteiger partial charge in [-0.05, 0) is 82.0 Å². The van der Waals surface area contributed by atoms with Crippen molar-refractivity contribution in [1.82, 2.24) is 10.2 Å². The van der Waals surface area contributed by atoms with Crippen LogP contribution in [0.2, 0.25) is 0 Å². The molecule has 0 aliphatic rings. The molecule has 232 valence electrons. The summed E-state index contributed by atoms with van der Waals surface area (Å²) >= 11 is 0. The van der Waals surface area contributed by atoms with Crippen molar-refractivity contribution in [2.75, 3.05) is 25.6 Å². The van der Waals surface area contributed by atoms with Crippen LogP contribution in [-0.4, -0.2) is 59.8 Å². The molecule has 42 heavy (non-hydrogen) atoms. The Hall–Kier alpha value is -3.59. The van der Waals surface area contributed by atoms with Gasteiger partial charge in [-0.25, -0.2) is 4.79 Å². The third-order valence-corrected chi connectivity index (χ3v) is 6.94. The molecule has 0 aromatic heterocycles. The molecule has 3 amide bonds. The van der Waals surface area contributed by atoms with Crippen LogP contribution in [0.5, 0.6) is 5.75 Å². The molecule has 2 aromatic carbocycles. The maximum absolute atomic E-state index is 14.1. The minimum Gasteiger partial charge on any atom is -0.497 e. The average Bonchev–Trinajstić information content (AvgIpc) is 2.93. The number of unbranched alkanes of at least 4 members (excludes halogenated alkanes) is 5. The molecule has 2 unspecified atom stereocenters. The van der Waals surface area contributed by atoms with Crippen molar-refractivity contribution in [2.45, 2.75) is 97.8 Å². The van der Waals surface area contributed by atoms with Gasteiger partial charge in [0.2, 0.25) is 5.91 Å². The number of carbonyl (C=O) groups is 3. The van der Waals surface area contributed by atoms with Crippen molar-refractivity contribution in [1.29, 1.82) is 0 Å². The lowest BCUT2D eigenvalue weighted by Crippen LogP contribution is -2.54. The summed E-state index contributed by atoms with van der Waals surface area (Å²) in [6, 6.07) is 10.4. The summed E-state index contributed by atoms with van der Waals surface area (Å²) in [4.78, 5) is 42.3. The Kier molecular flexibility index (Phi) is 13.8. The highest BCUT2D eigenvalue weighted by Crippen LogP contribution is 2.30. The Labute approximate surface area is 251 Å². The molecule has 9 heteroatoms. The Bertz CT molecular complexity index is 1140. The number of ether oxygens (including phenoxy) is 2. The Morgan fingerprint density at radius 2 is 1.52 bits per heavy atom. The maximum atomic E-state index is 14.1. The van der Waals surface area contributed by atoms with E-state index in [1.807, 2.05) is 32.0 Å².